The van der Waals surface area contributed by atoms with Crippen LogP contribution in [0.25, 0.3) is 0 Å². The number of ether oxygens (including phenoxy) is 2. The van der Waals surface area contributed by atoms with Crippen LogP contribution in [0, 0.1) is 0 Å². The minimum absolute atomic E-state index is 0.0171. The number of unbranched alkanes of at least 4 members (excludes halogenated alkanes) is 4. The number of hydrogen-bond acceptors (Lipinski definition) is 3. The van der Waals surface area contributed by atoms with E-state index in [9.17, 15) is 0 Å². The van der Waals surface area contributed by atoms with Crippen molar-refractivity contribution >= 4 is 0 Å². The van der Waals surface area contributed by atoms with Gasteiger partial charge in [-0.15, -0.1) is 0 Å². The van der Waals surface area contributed by atoms with Gasteiger partial charge in [-0.05, 0) is 48.8 Å². The van der Waals surface area contributed by atoms with Gasteiger partial charge in [0.25, 0.3) is 0 Å². The monoisotopic (exact) mass is 411 g/mol. The van der Waals surface area contributed by atoms with E-state index in [2.05, 4.69) is 69.3 Å². The number of para-hydroxylation sites is 1. The van der Waals surface area contributed by atoms with Crippen molar-refractivity contribution in [2.75, 3.05) is 0 Å². The first-order valence-electron chi connectivity index (χ1n) is 11.6. The summed E-state index contributed by atoms with van der Waals surface area (Å²) in [5.74, 6) is 1.24. The molecule has 0 saturated heterocycles. The molecule has 3 atom stereocenters. The lowest BCUT2D eigenvalue weighted by molar-refractivity contribution is -0.0995. The molecule has 30 heavy (non-hydrogen) atoms. The second-order valence-electron chi connectivity index (χ2n) is 8.91. The summed E-state index contributed by atoms with van der Waals surface area (Å²) < 4.78 is 11.9. The van der Waals surface area contributed by atoms with Gasteiger partial charge in [0.15, 0.2) is 6.29 Å². The molecule has 0 fully saturated rings. The Morgan fingerprint density at radius 2 is 1.50 bits per heavy atom. The van der Waals surface area contributed by atoms with Crippen molar-refractivity contribution < 1.29 is 9.47 Å². The molecule has 3 heteroatoms. The van der Waals surface area contributed by atoms with E-state index < -0.39 is 6.29 Å². The van der Waals surface area contributed by atoms with Gasteiger partial charge in [0, 0.05) is 0 Å². The first kappa shape index (κ1) is 24.4. The quantitative estimate of drug-likeness (QED) is 0.281. The fourth-order valence-corrected chi connectivity index (χ4v) is 4.31. The summed E-state index contributed by atoms with van der Waals surface area (Å²) in [7, 11) is 0. The van der Waals surface area contributed by atoms with Crippen molar-refractivity contribution in [1.82, 2.24) is 0 Å². The Labute approximate surface area is 184 Å². The number of rotatable bonds is 13. The molecule has 0 saturated carbocycles. The summed E-state index contributed by atoms with van der Waals surface area (Å²) in [5, 5.41) is 0. The Morgan fingerprint density at radius 1 is 0.867 bits per heavy atom. The molecule has 0 aliphatic rings. The Hall–Kier alpha value is -1.84. The normalized spacial score (nSPS) is 14.9. The van der Waals surface area contributed by atoms with Gasteiger partial charge in [-0.2, -0.15) is 0 Å². The SMILES string of the molecule is CCCCCCCC(c1ccccc1OC(C)OC(C)N)C(C)(C)c1ccccc1. The molecule has 0 aliphatic carbocycles. The molecule has 3 nitrogen and oxygen atoms in total. The maximum Gasteiger partial charge on any atom is 0.198 e. The lowest BCUT2D eigenvalue weighted by Gasteiger charge is -2.37. The van der Waals surface area contributed by atoms with Gasteiger partial charge in [0.05, 0.1) is 0 Å². The van der Waals surface area contributed by atoms with Crippen LogP contribution in [0.5, 0.6) is 5.75 Å². The summed E-state index contributed by atoms with van der Waals surface area (Å²) in [6.07, 6.45) is 6.79. The minimum atomic E-state index is -0.392. The van der Waals surface area contributed by atoms with Gasteiger partial charge >= 0.3 is 0 Å². The lowest BCUT2D eigenvalue weighted by Crippen LogP contribution is -2.30. The van der Waals surface area contributed by atoms with Crippen LogP contribution in [0.3, 0.4) is 0 Å². The van der Waals surface area contributed by atoms with Crippen LogP contribution in [0.4, 0.5) is 0 Å². The van der Waals surface area contributed by atoms with Crippen LogP contribution in [0.2, 0.25) is 0 Å². The Kier molecular flexibility index (Phi) is 9.87. The fourth-order valence-electron chi connectivity index (χ4n) is 4.31. The highest BCUT2D eigenvalue weighted by Crippen LogP contribution is 2.45. The predicted molar refractivity (Wildman–Crippen MR) is 127 cm³/mol. The first-order valence-corrected chi connectivity index (χ1v) is 11.6. The number of benzene rings is 2. The average Bonchev–Trinajstić information content (AvgIpc) is 2.71. The molecule has 0 amide bonds. The molecule has 0 aliphatic heterocycles. The molecule has 0 aromatic heterocycles. The predicted octanol–water partition coefficient (Wildman–Crippen LogP) is 7.15. The van der Waals surface area contributed by atoms with Crippen molar-refractivity contribution in [2.45, 2.75) is 97.0 Å². The first-order chi connectivity index (χ1) is 14.4. The van der Waals surface area contributed by atoms with Gasteiger partial charge in [0.2, 0.25) is 0 Å². The van der Waals surface area contributed by atoms with Crippen LogP contribution < -0.4 is 10.5 Å². The van der Waals surface area contributed by atoms with Gasteiger partial charge in [-0.1, -0.05) is 101 Å². The highest BCUT2D eigenvalue weighted by molar-refractivity contribution is 5.41. The van der Waals surface area contributed by atoms with E-state index in [1.807, 2.05) is 19.9 Å². The van der Waals surface area contributed by atoms with Crippen LogP contribution in [-0.4, -0.2) is 12.5 Å². The van der Waals surface area contributed by atoms with E-state index in [4.69, 9.17) is 15.2 Å². The third-order valence-corrected chi connectivity index (χ3v) is 5.98. The van der Waals surface area contributed by atoms with Crippen molar-refractivity contribution in [3.05, 3.63) is 65.7 Å². The molecule has 3 unspecified atom stereocenters. The number of hydrogen-bond donors (Lipinski definition) is 1. The number of nitrogens with two attached hydrogens (primary N) is 1. The summed E-state index contributed by atoms with van der Waals surface area (Å²) in [5.41, 5.74) is 8.39. The summed E-state index contributed by atoms with van der Waals surface area (Å²) in [6, 6.07) is 19.3. The van der Waals surface area contributed by atoms with Gasteiger partial charge in [-0.25, -0.2) is 0 Å². The van der Waals surface area contributed by atoms with Crippen molar-refractivity contribution in [2.24, 2.45) is 5.73 Å². The molecular formula is C27H41NO2. The molecule has 166 valence electrons. The average molecular weight is 412 g/mol. The van der Waals surface area contributed by atoms with Crippen LogP contribution >= 0.6 is 0 Å². The summed E-state index contributed by atoms with van der Waals surface area (Å²) >= 11 is 0. The third kappa shape index (κ3) is 7.14. The smallest absolute Gasteiger partial charge is 0.198 e. The van der Waals surface area contributed by atoms with E-state index in [0.717, 1.165) is 12.2 Å². The Bertz CT molecular complexity index is 727. The van der Waals surface area contributed by atoms with Gasteiger partial charge in [0.1, 0.15) is 12.0 Å². The Morgan fingerprint density at radius 3 is 2.17 bits per heavy atom. The largest absolute Gasteiger partial charge is 0.465 e. The standard InChI is InChI=1S/C27H41NO2/c1-6-7-8-9-13-19-25(27(4,5)23-16-11-10-12-17-23)24-18-14-15-20-26(24)30-22(3)29-21(2)28/h10-12,14-18,20-22,25H,6-9,13,19,28H2,1-5H3. The molecule has 0 radical (unpaired) electrons. The Balaban J connectivity index is 2.32. The van der Waals surface area contributed by atoms with Crippen LogP contribution in [0.15, 0.2) is 54.6 Å². The van der Waals surface area contributed by atoms with Gasteiger partial charge < -0.3 is 15.2 Å². The molecule has 0 heterocycles. The zero-order valence-corrected chi connectivity index (χ0v) is 19.6. The van der Waals surface area contributed by atoms with Crippen molar-refractivity contribution in [1.29, 1.82) is 0 Å². The van der Waals surface area contributed by atoms with E-state index in [1.54, 1.807) is 0 Å². The lowest BCUT2D eigenvalue weighted by atomic mass is 9.68. The van der Waals surface area contributed by atoms with Crippen molar-refractivity contribution in [3.63, 3.8) is 0 Å². The van der Waals surface area contributed by atoms with Crippen molar-refractivity contribution in [3.8, 4) is 5.75 Å². The molecule has 0 bridgehead atoms. The fraction of sp³-hybridized carbons (Fsp3) is 0.556. The molecular weight excluding hydrogens is 370 g/mol. The summed E-state index contributed by atoms with van der Waals surface area (Å²) in [4.78, 5) is 0. The zero-order chi connectivity index (χ0) is 22.0. The molecule has 2 aromatic carbocycles. The van der Waals surface area contributed by atoms with Crippen LogP contribution in [-0.2, 0) is 10.2 Å². The second kappa shape index (κ2) is 12.1. The minimum Gasteiger partial charge on any atom is -0.465 e. The molecule has 0 spiro atoms. The van der Waals surface area contributed by atoms with E-state index in [1.165, 1.54) is 43.2 Å². The van der Waals surface area contributed by atoms with Crippen LogP contribution in [0.1, 0.15) is 90.2 Å². The van der Waals surface area contributed by atoms with E-state index in [-0.39, 0.29) is 11.6 Å². The molecule has 2 rings (SSSR count). The van der Waals surface area contributed by atoms with E-state index >= 15 is 0 Å². The maximum atomic E-state index is 6.21. The summed E-state index contributed by atoms with van der Waals surface area (Å²) in [6.45, 7) is 10.7. The third-order valence-electron chi connectivity index (χ3n) is 5.98. The second-order valence-corrected chi connectivity index (χ2v) is 8.91. The molecule has 2 N–H and O–H groups in total. The van der Waals surface area contributed by atoms with Gasteiger partial charge in [-0.3, -0.25) is 0 Å². The van der Waals surface area contributed by atoms with E-state index in [0.29, 0.717) is 5.92 Å². The zero-order valence-electron chi connectivity index (χ0n) is 19.6. The maximum absolute atomic E-state index is 6.21. The molecule has 2 aromatic rings. The highest BCUT2D eigenvalue weighted by atomic mass is 16.7. The highest BCUT2D eigenvalue weighted by Gasteiger charge is 2.34. The topological polar surface area (TPSA) is 44.5 Å².